The molecule has 0 spiro atoms. The Labute approximate surface area is 218 Å². The van der Waals surface area contributed by atoms with Crippen molar-refractivity contribution >= 4 is 58.0 Å². The Balaban J connectivity index is 1.48. The van der Waals surface area contributed by atoms with Gasteiger partial charge in [0, 0.05) is 22.0 Å². The van der Waals surface area contributed by atoms with Gasteiger partial charge in [-0.1, -0.05) is 49.2 Å². The lowest BCUT2D eigenvalue weighted by Gasteiger charge is -2.18. The minimum atomic E-state index is -0.704. The van der Waals surface area contributed by atoms with Crippen LogP contribution < -0.4 is 20.3 Å². The second-order valence-corrected chi connectivity index (χ2v) is 9.20. The first kappa shape index (κ1) is 25.3. The van der Waals surface area contributed by atoms with Gasteiger partial charge in [0.2, 0.25) is 0 Å². The van der Waals surface area contributed by atoms with Gasteiger partial charge in [0.05, 0.1) is 12.8 Å². The number of ether oxygens (including phenoxy) is 1. The van der Waals surface area contributed by atoms with Gasteiger partial charge in [0.15, 0.2) is 0 Å². The van der Waals surface area contributed by atoms with Crippen molar-refractivity contribution in [1.82, 2.24) is 0 Å². The maximum atomic E-state index is 13.1. The first-order valence-electron chi connectivity index (χ1n) is 11.1. The van der Waals surface area contributed by atoms with E-state index in [2.05, 4.69) is 24.5 Å². The SMILES string of the molecule is COc1ccc(Cl)cc1N1C(=O)C(Cl)=C(Nc2ccc(C(=O)Nc3ccc(C(C)C)cc3)cc2)C1=O. The van der Waals surface area contributed by atoms with Gasteiger partial charge in [-0.05, 0) is 66.1 Å². The minimum Gasteiger partial charge on any atom is -0.495 e. The lowest BCUT2D eigenvalue weighted by molar-refractivity contribution is -0.120. The molecule has 7 nitrogen and oxygen atoms in total. The van der Waals surface area contributed by atoms with Crippen LogP contribution >= 0.6 is 23.2 Å². The molecule has 3 aromatic rings. The van der Waals surface area contributed by atoms with Crippen molar-refractivity contribution in [2.75, 3.05) is 22.6 Å². The Bertz CT molecular complexity index is 1370. The number of nitrogens with zero attached hydrogens (tertiary/aromatic N) is 1. The fourth-order valence-electron chi connectivity index (χ4n) is 3.67. The summed E-state index contributed by atoms with van der Waals surface area (Å²) in [5.74, 6) is -0.940. The number of hydrogen-bond acceptors (Lipinski definition) is 5. The molecule has 0 saturated heterocycles. The van der Waals surface area contributed by atoms with E-state index in [1.807, 2.05) is 24.3 Å². The number of methoxy groups -OCH3 is 1. The van der Waals surface area contributed by atoms with E-state index in [-0.39, 0.29) is 22.3 Å². The van der Waals surface area contributed by atoms with Crippen LogP contribution in [-0.2, 0) is 9.59 Å². The predicted molar refractivity (Wildman–Crippen MR) is 142 cm³/mol. The average Bonchev–Trinajstić information content (AvgIpc) is 3.07. The van der Waals surface area contributed by atoms with Crippen molar-refractivity contribution in [3.63, 3.8) is 0 Å². The Morgan fingerprint density at radius 2 is 1.53 bits per heavy atom. The Kier molecular flexibility index (Phi) is 7.33. The van der Waals surface area contributed by atoms with Crippen LogP contribution in [0.1, 0.15) is 35.7 Å². The first-order valence-corrected chi connectivity index (χ1v) is 11.9. The van der Waals surface area contributed by atoms with Gasteiger partial charge in [-0.25, -0.2) is 4.90 Å². The Morgan fingerprint density at radius 3 is 2.14 bits per heavy atom. The standard InChI is InChI=1S/C27H23Cl2N3O4/c1-15(2)16-4-9-20(10-5-16)31-25(33)17-6-11-19(12-7-17)30-24-23(29)26(34)32(27(24)35)21-14-18(28)8-13-22(21)36-3/h4-15,30H,1-3H3,(H,31,33). The fraction of sp³-hybridized carbons (Fsp3) is 0.148. The minimum absolute atomic E-state index is 0.0915. The molecule has 4 rings (SSSR count). The van der Waals surface area contributed by atoms with E-state index < -0.39 is 11.8 Å². The van der Waals surface area contributed by atoms with Gasteiger partial charge in [0.1, 0.15) is 16.5 Å². The van der Waals surface area contributed by atoms with Crippen molar-refractivity contribution < 1.29 is 19.1 Å². The van der Waals surface area contributed by atoms with E-state index in [0.717, 1.165) is 4.90 Å². The molecule has 184 valence electrons. The smallest absolute Gasteiger partial charge is 0.283 e. The molecule has 0 fully saturated rings. The summed E-state index contributed by atoms with van der Waals surface area (Å²) in [4.78, 5) is 39.4. The van der Waals surface area contributed by atoms with Gasteiger partial charge in [0.25, 0.3) is 17.7 Å². The monoisotopic (exact) mass is 523 g/mol. The number of anilines is 3. The van der Waals surface area contributed by atoms with Crippen LogP contribution in [0.25, 0.3) is 0 Å². The molecule has 0 atom stereocenters. The van der Waals surface area contributed by atoms with Gasteiger partial charge < -0.3 is 15.4 Å². The maximum absolute atomic E-state index is 13.1. The number of hydrogen-bond donors (Lipinski definition) is 2. The number of nitrogens with one attached hydrogen (secondary N) is 2. The van der Waals surface area contributed by atoms with Crippen LogP contribution in [0.5, 0.6) is 5.75 Å². The van der Waals surface area contributed by atoms with Crippen LogP contribution in [0.15, 0.2) is 77.5 Å². The highest BCUT2D eigenvalue weighted by atomic mass is 35.5. The average molecular weight is 524 g/mol. The number of benzene rings is 3. The number of amides is 3. The number of rotatable bonds is 7. The molecule has 36 heavy (non-hydrogen) atoms. The molecule has 1 heterocycles. The number of imide groups is 1. The quantitative estimate of drug-likeness (QED) is 0.362. The molecule has 9 heteroatoms. The van der Waals surface area contributed by atoms with E-state index in [1.54, 1.807) is 36.4 Å². The zero-order valence-corrected chi connectivity index (χ0v) is 21.3. The molecule has 0 radical (unpaired) electrons. The highest BCUT2D eigenvalue weighted by Crippen LogP contribution is 2.37. The van der Waals surface area contributed by atoms with Crippen molar-refractivity contribution in [2.24, 2.45) is 0 Å². The van der Waals surface area contributed by atoms with Crippen LogP contribution in [0, 0.1) is 0 Å². The largest absolute Gasteiger partial charge is 0.495 e. The highest BCUT2D eigenvalue weighted by molar-refractivity contribution is 6.53. The molecule has 0 bridgehead atoms. The summed E-state index contributed by atoms with van der Waals surface area (Å²) in [5, 5.41) is 5.80. The summed E-state index contributed by atoms with van der Waals surface area (Å²) in [5.41, 5.74) is 2.86. The van der Waals surface area contributed by atoms with Gasteiger partial charge in [-0.3, -0.25) is 14.4 Å². The molecular formula is C27H23Cl2N3O4. The summed E-state index contributed by atoms with van der Waals surface area (Å²) in [6.07, 6.45) is 0. The summed E-state index contributed by atoms with van der Waals surface area (Å²) in [7, 11) is 1.42. The van der Waals surface area contributed by atoms with E-state index in [0.29, 0.717) is 33.6 Å². The molecule has 0 aliphatic carbocycles. The zero-order valence-electron chi connectivity index (χ0n) is 19.8. The lowest BCUT2D eigenvalue weighted by atomic mass is 10.0. The number of carbonyl (C=O) groups is 3. The second-order valence-electron chi connectivity index (χ2n) is 8.38. The number of carbonyl (C=O) groups excluding carboxylic acids is 3. The molecule has 3 amide bonds. The summed E-state index contributed by atoms with van der Waals surface area (Å²) in [6.45, 7) is 4.21. The van der Waals surface area contributed by atoms with Crippen molar-refractivity contribution in [3.05, 3.63) is 93.6 Å². The summed E-state index contributed by atoms with van der Waals surface area (Å²) in [6, 6.07) is 18.7. The van der Waals surface area contributed by atoms with Crippen molar-refractivity contribution in [2.45, 2.75) is 19.8 Å². The van der Waals surface area contributed by atoms with Crippen molar-refractivity contribution in [3.8, 4) is 5.75 Å². The molecule has 1 aliphatic heterocycles. The molecule has 0 saturated carbocycles. The van der Waals surface area contributed by atoms with Crippen LogP contribution in [-0.4, -0.2) is 24.8 Å². The van der Waals surface area contributed by atoms with Crippen LogP contribution in [0.3, 0.4) is 0 Å². The first-order chi connectivity index (χ1) is 17.2. The van der Waals surface area contributed by atoms with Gasteiger partial charge in [-0.2, -0.15) is 0 Å². The van der Waals surface area contributed by atoms with Crippen LogP contribution in [0.4, 0.5) is 17.1 Å². The molecule has 0 unspecified atom stereocenters. The Hall–Kier alpha value is -3.81. The normalized spacial score (nSPS) is 13.4. The molecular weight excluding hydrogens is 501 g/mol. The van der Waals surface area contributed by atoms with Crippen molar-refractivity contribution in [1.29, 1.82) is 0 Å². The lowest BCUT2D eigenvalue weighted by Crippen LogP contribution is -2.32. The van der Waals surface area contributed by atoms with Crippen LogP contribution in [0.2, 0.25) is 5.02 Å². The van der Waals surface area contributed by atoms with E-state index >= 15 is 0 Å². The predicted octanol–water partition coefficient (Wildman–Crippen LogP) is 6.16. The third kappa shape index (κ3) is 5.08. The van der Waals surface area contributed by atoms with Gasteiger partial charge in [-0.15, -0.1) is 0 Å². The molecule has 0 aromatic heterocycles. The molecule has 2 N–H and O–H groups in total. The summed E-state index contributed by atoms with van der Waals surface area (Å²) >= 11 is 12.3. The second kappa shape index (κ2) is 10.4. The maximum Gasteiger partial charge on any atom is 0.283 e. The molecule has 1 aliphatic rings. The summed E-state index contributed by atoms with van der Waals surface area (Å²) < 4.78 is 5.27. The fourth-order valence-corrected chi connectivity index (χ4v) is 4.05. The van der Waals surface area contributed by atoms with E-state index in [9.17, 15) is 14.4 Å². The van der Waals surface area contributed by atoms with E-state index in [1.165, 1.54) is 18.7 Å². The Morgan fingerprint density at radius 1 is 0.889 bits per heavy atom. The number of halogens is 2. The molecule has 3 aromatic carbocycles. The zero-order chi connectivity index (χ0) is 26.0. The topological polar surface area (TPSA) is 87.7 Å². The highest BCUT2D eigenvalue weighted by Gasteiger charge is 2.40. The third-order valence-corrected chi connectivity index (χ3v) is 6.25. The van der Waals surface area contributed by atoms with E-state index in [4.69, 9.17) is 27.9 Å². The third-order valence-electron chi connectivity index (χ3n) is 5.66. The van der Waals surface area contributed by atoms with Gasteiger partial charge >= 0.3 is 0 Å².